The highest BCUT2D eigenvalue weighted by atomic mass is 16.5. The molecular weight excluding hydrogens is 228 g/mol. The number of para-hydroxylation sites is 1. The molecule has 0 amide bonds. The minimum absolute atomic E-state index is 0.422. The van der Waals surface area contributed by atoms with Gasteiger partial charge in [0.15, 0.2) is 0 Å². The third-order valence-corrected chi connectivity index (χ3v) is 2.58. The molecule has 0 atom stereocenters. The summed E-state index contributed by atoms with van der Waals surface area (Å²) in [6.07, 6.45) is 0.857. The average molecular weight is 244 g/mol. The van der Waals surface area contributed by atoms with Crippen LogP contribution in [0.15, 0.2) is 36.4 Å². The second kappa shape index (κ2) is 5.86. The van der Waals surface area contributed by atoms with Gasteiger partial charge in [0.25, 0.3) is 0 Å². The monoisotopic (exact) mass is 244 g/mol. The Hall–Kier alpha value is -2.30. The maximum absolute atomic E-state index is 5.47. The predicted octanol–water partition coefficient (Wildman–Crippen LogP) is 1.72. The maximum Gasteiger partial charge on any atom is 0.148 e. The van der Waals surface area contributed by atoms with E-state index in [4.69, 9.17) is 10.5 Å². The first-order valence-corrected chi connectivity index (χ1v) is 5.74. The summed E-state index contributed by atoms with van der Waals surface area (Å²) >= 11 is 0. The quantitative estimate of drug-likeness (QED) is 0.837. The van der Waals surface area contributed by atoms with E-state index < -0.39 is 0 Å². The van der Waals surface area contributed by atoms with E-state index in [1.807, 2.05) is 24.3 Å². The molecule has 0 fully saturated rings. The van der Waals surface area contributed by atoms with Crippen LogP contribution in [0.4, 0.5) is 11.6 Å². The lowest BCUT2D eigenvalue weighted by Gasteiger charge is -2.09. The molecular formula is C13H16N4O. The fourth-order valence-corrected chi connectivity index (χ4v) is 1.67. The third kappa shape index (κ3) is 3.10. The number of aromatic nitrogens is 2. The first-order valence-electron chi connectivity index (χ1n) is 5.74. The van der Waals surface area contributed by atoms with Crippen LogP contribution in [-0.4, -0.2) is 23.9 Å². The summed E-state index contributed by atoms with van der Waals surface area (Å²) in [6.45, 7) is 0.763. The highest BCUT2D eigenvalue weighted by molar-refractivity contribution is 5.39. The SMILES string of the molecule is COc1ccccc1CCNc1ccc(N)nn1. The zero-order chi connectivity index (χ0) is 12.8. The fourth-order valence-electron chi connectivity index (χ4n) is 1.67. The van der Waals surface area contributed by atoms with Gasteiger partial charge in [-0.3, -0.25) is 0 Å². The Balaban J connectivity index is 1.90. The number of benzene rings is 1. The normalized spacial score (nSPS) is 10.1. The number of hydrogen-bond acceptors (Lipinski definition) is 5. The highest BCUT2D eigenvalue weighted by Crippen LogP contribution is 2.17. The van der Waals surface area contributed by atoms with Gasteiger partial charge in [-0.2, -0.15) is 0 Å². The first kappa shape index (κ1) is 12.2. The van der Waals surface area contributed by atoms with Crippen LogP contribution in [0.5, 0.6) is 5.75 Å². The van der Waals surface area contributed by atoms with Crippen molar-refractivity contribution in [1.82, 2.24) is 10.2 Å². The molecule has 18 heavy (non-hydrogen) atoms. The van der Waals surface area contributed by atoms with E-state index in [-0.39, 0.29) is 0 Å². The molecule has 2 aromatic rings. The van der Waals surface area contributed by atoms with Gasteiger partial charge in [-0.15, -0.1) is 10.2 Å². The molecule has 5 heteroatoms. The Labute approximate surface area is 106 Å². The largest absolute Gasteiger partial charge is 0.496 e. The Morgan fingerprint density at radius 2 is 2.00 bits per heavy atom. The number of rotatable bonds is 5. The molecule has 0 saturated heterocycles. The second-order valence-corrected chi connectivity index (χ2v) is 3.83. The zero-order valence-electron chi connectivity index (χ0n) is 10.3. The molecule has 94 valence electrons. The smallest absolute Gasteiger partial charge is 0.148 e. The molecule has 1 aromatic carbocycles. The third-order valence-electron chi connectivity index (χ3n) is 2.58. The van der Waals surface area contributed by atoms with Gasteiger partial charge in [0, 0.05) is 6.54 Å². The number of nitrogens with one attached hydrogen (secondary N) is 1. The van der Waals surface area contributed by atoms with Crippen molar-refractivity contribution >= 4 is 11.6 Å². The number of methoxy groups -OCH3 is 1. The number of anilines is 2. The van der Waals surface area contributed by atoms with E-state index in [9.17, 15) is 0 Å². The molecule has 0 unspecified atom stereocenters. The summed E-state index contributed by atoms with van der Waals surface area (Å²) in [5.74, 6) is 2.05. The summed E-state index contributed by atoms with van der Waals surface area (Å²) < 4.78 is 5.29. The Morgan fingerprint density at radius 1 is 1.17 bits per heavy atom. The van der Waals surface area contributed by atoms with Crippen molar-refractivity contribution in [3.05, 3.63) is 42.0 Å². The number of nitrogens with two attached hydrogens (primary N) is 1. The van der Waals surface area contributed by atoms with Gasteiger partial charge in [0.2, 0.25) is 0 Å². The molecule has 0 aliphatic heterocycles. The summed E-state index contributed by atoms with van der Waals surface area (Å²) in [7, 11) is 1.68. The van der Waals surface area contributed by atoms with Crippen LogP contribution in [0, 0.1) is 0 Å². The van der Waals surface area contributed by atoms with E-state index in [1.54, 1.807) is 13.2 Å². The van der Waals surface area contributed by atoms with Crippen LogP contribution in [0.2, 0.25) is 0 Å². The highest BCUT2D eigenvalue weighted by Gasteiger charge is 2.01. The second-order valence-electron chi connectivity index (χ2n) is 3.83. The van der Waals surface area contributed by atoms with Gasteiger partial charge >= 0.3 is 0 Å². The number of nitrogens with zero attached hydrogens (tertiary/aromatic N) is 2. The molecule has 0 spiro atoms. The summed E-state index contributed by atoms with van der Waals surface area (Å²) in [4.78, 5) is 0. The van der Waals surface area contributed by atoms with Crippen LogP contribution in [0.3, 0.4) is 0 Å². The van der Waals surface area contributed by atoms with Gasteiger partial charge in [-0.25, -0.2) is 0 Å². The van der Waals surface area contributed by atoms with Crippen molar-refractivity contribution in [2.45, 2.75) is 6.42 Å². The van der Waals surface area contributed by atoms with Gasteiger partial charge in [-0.1, -0.05) is 18.2 Å². The van der Waals surface area contributed by atoms with Crippen LogP contribution in [-0.2, 0) is 6.42 Å². The van der Waals surface area contributed by atoms with Crippen LogP contribution >= 0.6 is 0 Å². The van der Waals surface area contributed by atoms with Gasteiger partial charge < -0.3 is 15.8 Å². The van der Waals surface area contributed by atoms with Crippen LogP contribution in [0.1, 0.15) is 5.56 Å². The van der Waals surface area contributed by atoms with Crippen LogP contribution in [0.25, 0.3) is 0 Å². The van der Waals surface area contributed by atoms with E-state index in [0.29, 0.717) is 5.82 Å². The summed E-state index contributed by atoms with van der Waals surface area (Å²) in [6, 6.07) is 11.5. The lowest BCUT2D eigenvalue weighted by molar-refractivity contribution is 0.410. The first-order chi connectivity index (χ1) is 8.79. The van der Waals surface area contributed by atoms with Crippen molar-refractivity contribution < 1.29 is 4.74 Å². The molecule has 3 N–H and O–H groups in total. The zero-order valence-corrected chi connectivity index (χ0v) is 10.3. The summed E-state index contributed by atoms with van der Waals surface area (Å²) in [5, 5.41) is 10.9. The topological polar surface area (TPSA) is 73.1 Å². The molecule has 0 radical (unpaired) electrons. The average Bonchev–Trinajstić information content (AvgIpc) is 2.41. The Morgan fingerprint density at radius 3 is 2.72 bits per heavy atom. The van der Waals surface area contributed by atoms with E-state index in [2.05, 4.69) is 21.6 Å². The van der Waals surface area contributed by atoms with Crippen molar-refractivity contribution in [2.75, 3.05) is 24.7 Å². The van der Waals surface area contributed by atoms with Crippen LogP contribution < -0.4 is 15.8 Å². The molecule has 0 aliphatic rings. The number of hydrogen-bond donors (Lipinski definition) is 2. The van der Waals surface area contributed by atoms with E-state index in [1.165, 1.54) is 0 Å². The molecule has 2 rings (SSSR count). The predicted molar refractivity (Wildman–Crippen MR) is 71.6 cm³/mol. The minimum atomic E-state index is 0.422. The van der Waals surface area contributed by atoms with Gasteiger partial charge in [0.05, 0.1) is 7.11 Å². The van der Waals surface area contributed by atoms with Crippen molar-refractivity contribution in [2.24, 2.45) is 0 Å². The van der Waals surface area contributed by atoms with Gasteiger partial charge in [0.1, 0.15) is 17.4 Å². The number of nitrogen functional groups attached to an aromatic ring is 1. The van der Waals surface area contributed by atoms with Crippen molar-refractivity contribution in [3.63, 3.8) is 0 Å². The lowest BCUT2D eigenvalue weighted by Crippen LogP contribution is -2.08. The molecule has 0 aliphatic carbocycles. The summed E-state index contributed by atoms with van der Waals surface area (Å²) in [5.41, 5.74) is 6.63. The molecule has 0 bridgehead atoms. The lowest BCUT2D eigenvalue weighted by atomic mass is 10.1. The molecule has 5 nitrogen and oxygen atoms in total. The minimum Gasteiger partial charge on any atom is -0.496 e. The van der Waals surface area contributed by atoms with Crippen molar-refractivity contribution in [1.29, 1.82) is 0 Å². The molecule has 1 heterocycles. The van der Waals surface area contributed by atoms with Gasteiger partial charge in [-0.05, 0) is 30.2 Å². The Kier molecular flexibility index (Phi) is 3.96. The maximum atomic E-state index is 5.47. The Bertz CT molecular complexity index is 499. The standard InChI is InChI=1S/C13H16N4O/c1-18-11-5-3-2-4-10(11)8-9-15-13-7-6-12(14)16-17-13/h2-7H,8-9H2,1H3,(H2,14,16)(H,15,17). The molecule has 1 aromatic heterocycles. The molecule has 0 saturated carbocycles. The number of ether oxygens (including phenoxy) is 1. The van der Waals surface area contributed by atoms with Crippen molar-refractivity contribution in [3.8, 4) is 5.75 Å². The van der Waals surface area contributed by atoms with E-state index >= 15 is 0 Å². The fraction of sp³-hybridized carbons (Fsp3) is 0.231. The van der Waals surface area contributed by atoms with E-state index in [0.717, 1.165) is 30.1 Å².